The Kier molecular flexibility index (Phi) is 14.8. The molecule has 0 saturated carbocycles. The van der Waals surface area contributed by atoms with Gasteiger partial charge in [-0.15, -0.1) is 0 Å². The van der Waals surface area contributed by atoms with Crippen LogP contribution in [0.1, 0.15) is 27.1 Å². The molecule has 0 aliphatic carbocycles. The van der Waals surface area contributed by atoms with E-state index in [4.69, 9.17) is 9.47 Å². The summed E-state index contributed by atoms with van der Waals surface area (Å²) in [5, 5.41) is 0. The van der Waals surface area contributed by atoms with Crippen molar-refractivity contribution in [1.82, 2.24) is 0 Å². The van der Waals surface area contributed by atoms with Gasteiger partial charge in [0.2, 0.25) is 0 Å². The van der Waals surface area contributed by atoms with Crippen molar-refractivity contribution >= 4 is 23.9 Å². The van der Waals surface area contributed by atoms with Crippen molar-refractivity contribution in [3.63, 3.8) is 0 Å². The molecule has 0 aromatic heterocycles. The first-order valence-electron chi connectivity index (χ1n) is 9.09. The van der Waals surface area contributed by atoms with Crippen LogP contribution in [0, 0.1) is 0 Å². The van der Waals surface area contributed by atoms with Crippen LogP contribution in [0.25, 0.3) is 0 Å². The van der Waals surface area contributed by atoms with Gasteiger partial charge >= 0.3 is 23.9 Å². The quantitative estimate of drug-likeness (QED) is 0.215. The molecule has 0 spiro atoms. The summed E-state index contributed by atoms with van der Waals surface area (Å²) in [6.45, 7) is 14.0. The highest BCUT2D eigenvalue weighted by Gasteiger charge is 2.18. The van der Waals surface area contributed by atoms with Gasteiger partial charge in [0, 0.05) is 0 Å². The molecule has 166 valence electrons. The van der Waals surface area contributed by atoms with Gasteiger partial charge in [0.25, 0.3) is 0 Å². The first kappa shape index (κ1) is 27.1. The van der Waals surface area contributed by atoms with Crippen LogP contribution in [0.2, 0.25) is 0 Å². The lowest BCUT2D eigenvalue weighted by molar-refractivity contribution is -0.153. The summed E-state index contributed by atoms with van der Waals surface area (Å²) in [6, 6.07) is 6.31. The molecule has 0 saturated heterocycles. The first-order valence-corrected chi connectivity index (χ1v) is 9.09. The number of ether oxygens (including phenoxy) is 4. The molecule has 31 heavy (non-hydrogen) atoms. The van der Waals surface area contributed by atoms with Gasteiger partial charge in [-0.3, -0.25) is 9.59 Å². The van der Waals surface area contributed by atoms with E-state index in [1.165, 1.54) is 36.4 Å². The molecule has 1 aromatic carbocycles. The van der Waals surface area contributed by atoms with E-state index in [0.29, 0.717) is 0 Å². The Hall–Kier alpha value is -3.94. The van der Waals surface area contributed by atoms with Crippen molar-refractivity contribution in [2.45, 2.75) is 6.42 Å². The molecular formula is C23H26O8. The zero-order valence-electron chi connectivity index (χ0n) is 17.2. The van der Waals surface area contributed by atoms with Gasteiger partial charge in [-0.05, 0) is 12.1 Å². The maximum Gasteiger partial charge on any atom is 0.339 e. The third kappa shape index (κ3) is 12.3. The number of benzene rings is 1. The minimum absolute atomic E-state index is 0.0921. The minimum atomic E-state index is -0.617. The molecule has 1 aromatic rings. The zero-order chi connectivity index (χ0) is 23.5. The molecule has 0 atom stereocenters. The van der Waals surface area contributed by atoms with Crippen molar-refractivity contribution < 1.29 is 38.1 Å². The maximum atomic E-state index is 11.7. The van der Waals surface area contributed by atoms with Gasteiger partial charge in [0.1, 0.15) is 32.8 Å². The lowest BCUT2D eigenvalue weighted by Crippen LogP contribution is -2.14. The van der Waals surface area contributed by atoms with Gasteiger partial charge in [-0.1, -0.05) is 62.8 Å². The predicted molar refractivity (Wildman–Crippen MR) is 114 cm³/mol. The van der Waals surface area contributed by atoms with Crippen LogP contribution >= 0.6 is 0 Å². The molecule has 0 aliphatic heterocycles. The second-order valence-electron chi connectivity index (χ2n) is 5.44. The van der Waals surface area contributed by atoms with E-state index < -0.39 is 23.9 Å². The summed E-state index contributed by atoms with van der Waals surface area (Å²) in [6.07, 6.45) is 5.38. The summed E-state index contributed by atoms with van der Waals surface area (Å²) >= 11 is 0. The van der Waals surface area contributed by atoms with Crippen LogP contribution < -0.4 is 0 Å². The summed E-state index contributed by atoms with van der Waals surface area (Å²) in [7, 11) is 0. The van der Waals surface area contributed by atoms with Gasteiger partial charge in [0.15, 0.2) is 0 Å². The fourth-order valence-corrected chi connectivity index (χ4v) is 1.79. The fraction of sp³-hybridized carbons (Fsp3) is 0.217. The van der Waals surface area contributed by atoms with Crippen LogP contribution in [-0.4, -0.2) is 50.3 Å². The molecule has 0 N–H and O–H groups in total. The summed E-state index contributed by atoms with van der Waals surface area (Å²) < 4.78 is 18.9. The summed E-state index contributed by atoms with van der Waals surface area (Å²) in [5.41, 5.74) is 0.349. The molecular weight excluding hydrogens is 404 g/mol. The molecule has 0 fully saturated rings. The SMILES string of the molecule is C=CCOC(=O)CC(=O)OCC=C.C=CCOC(=O)c1ccccc1C(=O)OCC=C. The van der Waals surface area contributed by atoms with Gasteiger partial charge in [-0.2, -0.15) is 0 Å². The molecule has 0 amide bonds. The van der Waals surface area contributed by atoms with Crippen LogP contribution in [0.4, 0.5) is 0 Å². The minimum Gasteiger partial charge on any atom is -0.461 e. The second kappa shape index (κ2) is 17.0. The van der Waals surface area contributed by atoms with Gasteiger partial charge in [0.05, 0.1) is 11.1 Å². The normalized spacial score (nSPS) is 9.03. The fourth-order valence-electron chi connectivity index (χ4n) is 1.79. The Bertz CT molecular complexity index is 730. The third-order valence-electron chi connectivity index (χ3n) is 3.04. The van der Waals surface area contributed by atoms with Crippen LogP contribution in [0.5, 0.6) is 0 Å². The van der Waals surface area contributed by atoms with E-state index >= 15 is 0 Å². The average Bonchev–Trinajstić information content (AvgIpc) is 2.78. The van der Waals surface area contributed by atoms with Gasteiger partial charge in [-0.25, -0.2) is 9.59 Å². The van der Waals surface area contributed by atoms with Crippen LogP contribution in [0.3, 0.4) is 0 Å². The molecule has 8 nitrogen and oxygen atoms in total. The van der Waals surface area contributed by atoms with E-state index in [9.17, 15) is 19.2 Å². The number of hydrogen-bond donors (Lipinski definition) is 0. The standard InChI is InChI=1S/C14H14O4.C9H12O4/c1-3-9-17-13(15)11-7-5-6-8-12(11)14(16)18-10-4-2;1-3-5-12-8(10)7-9(11)13-6-4-2/h3-8H,1-2,9-10H2;3-4H,1-2,5-7H2. The maximum absolute atomic E-state index is 11.7. The molecule has 0 heterocycles. The molecule has 0 radical (unpaired) electrons. The van der Waals surface area contributed by atoms with E-state index in [-0.39, 0.29) is 44.0 Å². The number of carbonyl (C=O) groups excluding carboxylic acids is 4. The predicted octanol–water partition coefficient (Wildman–Crippen LogP) is 3.21. The number of hydrogen-bond acceptors (Lipinski definition) is 8. The monoisotopic (exact) mass is 430 g/mol. The van der Waals surface area contributed by atoms with Crippen LogP contribution in [0.15, 0.2) is 74.9 Å². The van der Waals surface area contributed by atoms with Crippen LogP contribution in [-0.2, 0) is 28.5 Å². The van der Waals surface area contributed by atoms with E-state index in [2.05, 4.69) is 35.8 Å². The molecule has 8 heteroatoms. The van der Waals surface area contributed by atoms with E-state index in [0.717, 1.165) is 0 Å². The third-order valence-corrected chi connectivity index (χ3v) is 3.04. The number of esters is 4. The molecule has 1 rings (SSSR count). The van der Waals surface area contributed by atoms with Crippen molar-refractivity contribution in [3.8, 4) is 0 Å². The summed E-state index contributed by atoms with van der Waals surface area (Å²) in [5.74, 6) is -2.40. The lowest BCUT2D eigenvalue weighted by atomic mass is 10.1. The van der Waals surface area contributed by atoms with Crippen molar-refractivity contribution in [1.29, 1.82) is 0 Å². The van der Waals surface area contributed by atoms with Crippen molar-refractivity contribution in [3.05, 3.63) is 86.0 Å². The summed E-state index contributed by atoms with van der Waals surface area (Å²) in [4.78, 5) is 45.0. The number of carbonyl (C=O) groups is 4. The molecule has 0 aliphatic rings. The Morgan fingerprint density at radius 2 is 0.935 bits per heavy atom. The average molecular weight is 430 g/mol. The Labute approximate surface area is 181 Å². The number of rotatable bonds is 12. The molecule has 0 bridgehead atoms. The van der Waals surface area contributed by atoms with E-state index in [1.807, 2.05) is 0 Å². The highest BCUT2D eigenvalue weighted by atomic mass is 16.6. The Morgan fingerprint density at radius 3 is 1.26 bits per heavy atom. The Balaban J connectivity index is 0.000000615. The lowest BCUT2D eigenvalue weighted by Gasteiger charge is -2.07. The highest BCUT2D eigenvalue weighted by Crippen LogP contribution is 2.12. The Morgan fingerprint density at radius 1 is 0.613 bits per heavy atom. The largest absolute Gasteiger partial charge is 0.461 e. The van der Waals surface area contributed by atoms with Gasteiger partial charge < -0.3 is 18.9 Å². The van der Waals surface area contributed by atoms with Crippen molar-refractivity contribution in [2.24, 2.45) is 0 Å². The topological polar surface area (TPSA) is 105 Å². The zero-order valence-corrected chi connectivity index (χ0v) is 17.2. The second-order valence-corrected chi connectivity index (χ2v) is 5.44. The first-order chi connectivity index (χ1) is 14.9. The van der Waals surface area contributed by atoms with E-state index in [1.54, 1.807) is 12.1 Å². The highest BCUT2D eigenvalue weighted by molar-refractivity contribution is 6.03. The van der Waals surface area contributed by atoms with Crippen molar-refractivity contribution in [2.75, 3.05) is 26.4 Å². The smallest absolute Gasteiger partial charge is 0.339 e. The molecule has 0 unspecified atom stereocenters.